The molecule has 23 heavy (non-hydrogen) atoms. The maximum atomic E-state index is 12.3. The van der Waals surface area contributed by atoms with E-state index in [1.807, 2.05) is 51.1 Å². The van der Waals surface area contributed by atoms with Crippen LogP contribution in [0.4, 0.5) is 0 Å². The third-order valence-corrected chi connectivity index (χ3v) is 3.76. The predicted molar refractivity (Wildman–Crippen MR) is 90.7 cm³/mol. The van der Waals surface area contributed by atoms with Gasteiger partial charge in [-0.2, -0.15) is 0 Å². The molecule has 1 N–H and O–H groups in total. The molecule has 0 aliphatic heterocycles. The van der Waals surface area contributed by atoms with Gasteiger partial charge in [0.05, 0.1) is 6.26 Å². The van der Waals surface area contributed by atoms with Crippen molar-refractivity contribution in [1.29, 1.82) is 0 Å². The van der Waals surface area contributed by atoms with Crippen LogP contribution in [-0.2, 0) is 11.2 Å². The quantitative estimate of drug-likeness (QED) is 0.754. The summed E-state index contributed by atoms with van der Waals surface area (Å²) >= 11 is 0. The molecular formula is C19H25NO3. The first-order valence-electron chi connectivity index (χ1n) is 8.14. The minimum absolute atomic E-state index is 0.0622. The standard InChI is InChI=1S/C19H25NO3/c1-4-17(23-18-13-14(2)9-10-15(18)3)19(21)20-11-5-7-16-8-6-12-22-16/h6,8-10,12-13,17H,4-5,7,11H2,1-3H3,(H,20,21). The molecule has 1 amide bonds. The third-order valence-electron chi connectivity index (χ3n) is 3.76. The second kappa shape index (κ2) is 8.42. The summed E-state index contributed by atoms with van der Waals surface area (Å²) in [5.41, 5.74) is 2.17. The lowest BCUT2D eigenvalue weighted by molar-refractivity contribution is -0.128. The first kappa shape index (κ1) is 17.1. The average Bonchev–Trinajstić information content (AvgIpc) is 3.05. The molecule has 0 aliphatic carbocycles. The van der Waals surface area contributed by atoms with Crippen molar-refractivity contribution in [2.24, 2.45) is 0 Å². The predicted octanol–water partition coefficient (Wildman–Crippen LogP) is 3.80. The highest BCUT2D eigenvalue weighted by Crippen LogP contribution is 2.21. The van der Waals surface area contributed by atoms with E-state index in [9.17, 15) is 4.79 Å². The molecule has 124 valence electrons. The van der Waals surface area contributed by atoms with Gasteiger partial charge in [-0.15, -0.1) is 0 Å². The van der Waals surface area contributed by atoms with Crippen molar-refractivity contribution < 1.29 is 13.9 Å². The van der Waals surface area contributed by atoms with Crippen molar-refractivity contribution in [1.82, 2.24) is 5.32 Å². The van der Waals surface area contributed by atoms with Gasteiger partial charge in [-0.25, -0.2) is 0 Å². The van der Waals surface area contributed by atoms with Gasteiger partial charge in [-0.05, 0) is 56.0 Å². The Morgan fingerprint density at radius 1 is 1.30 bits per heavy atom. The number of amides is 1. The van der Waals surface area contributed by atoms with Crippen molar-refractivity contribution >= 4 is 5.91 Å². The Hall–Kier alpha value is -2.23. The number of hydrogen-bond acceptors (Lipinski definition) is 3. The van der Waals surface area contributed by atoms with Crippen LogP contribution in [0.25, 0.3) is 0 Å². The van der Waals surface area contributed by atoms with Gasteiger partial charge in [0.2, 0.25) is 0 Å². The summed E-state index contributed by atoms with van der Waals surface area (Å²) in [4.78, 5) is 12.3. The van der Waals surface area contributed by atoms with Crippen LogP contribution in [0.15, 0.2) is 41.0 Å². The van der Waals surface area contributed by atoms with Gasteiger partial charge in [-0.3, -0.25) is 4.79 Å². The molecule has 4 nitrogen and oxygen atoms in total. The molecule has 0 aliphatic rings. The Balaban J connectivity index is 1.82. The van der Waals surface area contributed by atoms with E-state index in [4.69, 9.17) is 9.15 Å². The van der Waals surface area contributed by atoms with Crippen LogP contribution in [0.2, 0.25) is 0 Å². The van der Waals surface area contributed by atoms with Gasteiger partial charge in [0.25, 0.3) is 5.91 Å². The molecular weight excluding hydrogens is 290 g/mol. The molecule has 1 unspecified atom stereocenters. The fourth-order valence-electron chi connectivity index (χ4n) is 2.35. The Morgan fingerprint density at radius 2 is 2.13 bits per heavy atom. The van der Waals surface area contributed by atoms with E-state index in [-0.39, 0.29) is 5.91 Å². The van der Waals surface area contributed by atoms with Crippen LogP contribution in [0.1, 0.15) is 36.7 Å². The van der Waals surface area contributed by atoms with Gasteiger partial charge < -0.3 is 14.5 Å². The summed E-state index contributed by atoms with van der Waals surface area (Å²) in [7, 11) is 0. The first-order chi connectivity index (χ1) is 11.1. The average molecular weight is 315 g/mol. The number of hydrogen-bond donors (Lipinski definition) is 1. The summed E-state index contributed by atoms with van der Waals surface area (Å²) in [5.74, 6) is 1.66. The van der Waals surface area contributed by atoms with Gasteiger partial charge in [0.15, 0.2) is 6.10 Å². The minimum atomic E-state index is -0.459. The van der Waals surface area contributed by atoms with Crippen LogP contribution >= 0.6 is 0 Å². The second-order valence-corrected chi connectivity index (χ2v) is 5.76. The number of nitrogens with one attached hydrogen (secondary N) is 1. The number of ether oxygens (including phenoxy) is 1. The Kier molecular flexibility index (Phi) is 6.27. The van der Waals surface area contributed by atoms with Crippen LogP contribution in [0, 0.1) is 13.8 Å². The van der Waals surface area contributed by atoms with Crippen LogP contribution in [0.5, 0.6) is 5.75 Å². The smallest absolute Gasteiger partial charge is 0.261 e. The summed E-state index contributed by atoms with van der Waals surface area (Å²) in [6.45, 7) is 6.58. The van der Waals surface area contributed by atoms with E-state index in [1.54, 1.807) is 6.26 Å². The molecule has 1 aromatic carbocycles. The number of furan rings is 1. The van der Waals surface area contributed by atoms with Gasteiger partial charge in [-0.1, -0.05) is 19.1 Å². The number of carbonyl (C=O) groups is 1. The summed E-state index contributed by atoms with van der Waals surface area (Å²) < 4.78 is 11.2. The SMILES string of the molecule is CCC(Oc1cc(C)ccc1C)C(=O)NCCCc1ccco1. The molecule has 0 bridgehead atoms. The molecule has 0 saturated carbocycles. The Bertz CT molecular complexity index is 620. The molecule has 4 heteroatoms. The van der Waals surface area contributed by atoms with Crippen molar-refractivity contribution in [3.8, 4) is 5.75 Å². The monoisotopic (exact) mass is 315 g/mol. The second-order valence-electron chi connectivity index (χ2n) is 5.76. The highest BCUT2D eigenvalue weighted by molar-refractivity contribution is 5.81. The molecule has 2 rings (SSSR count). The lowest BCUT2D eigenvalue weighted by Crippen LogP contribution is -2.38. The molecule has 1 atom stereocenters. The van der Waals surface area contributed by atoms with Crippen LogP contribution in [-0.4, -0.2) is 18.6 Å². The van der Waals surface area contributed by atoms with E-state index >= 15 is 0 Å². The lowest BCUT2D eigenvalue weighted by atomic mass is 10.1. The van der Waals surface area contributed by atoms with Gasteiger partial charge in [0.1, 0.15) is 11.5 Å². The molecule has 1 heterocycles. The zero-order valence-corrected chi connectivity index (χ0v) is 14.1. The van der Waals surface area contributed by atoms with E-state index in [1.165, 1.54) is 0 Å². The van der Waals surface area contributed by atoms with E-state index in [0.717, 1.165) is 35.5 Å². The molecule has 0 radical (unpaired) electrons. The van der Waals surface area contributed by atoms with Crippen molar-refractivity contribution in [3.63, 3.8) is 0 Å². The zero-order chi connectivity index (χ0) is 16.7. The molecule has 2 aromatic rings. The van der Waals surface area contributed by atoms with Crippen LogP contribution < -0.4 is 10.1 Å². The largest absolute Gasteiger partial charge is 0.480 e. The van der Waals surface area contributed by atoms with Crippen molar-refractivity contribution in [3.05, 3.63) is 53.5 Å². The Labute approximate surface area is 137 Å². The van der Waals surface area contributed by atoms with E-state index in [0.29, 0.717) is 13.0 Å². The summed E-state index contributed by atoms with van der Waals surface area (Å²) in [5, 5.41) is 2.94. The molecule has 0 spiro atoms. The minimum Gasteiger partial charge on any atom is -0.480 e. The molecule has 0 fully saturated rings. The third kappa shape index (κ3) is 5.16. The number of benzene rings is 1. The maximum absolute atomic E-state index is 12.3. The zero-order valence-electron chi connectivity index (χ0n) is 14.1. The Morgan fingerprint density at radius 3 is 2.83 bits per heavy atom. The van der Waals surface area contributed by atoms with Gasteiger partial charge in [0, 0.05) is 13.0 Å². The van der Waals surface area contributed by atoms with Crippen molar-refractivity contribution in [2.75, 3.05) is 6.54 Å². The highest BCUT2D eigenvalue weighted by Gasteiger charge is 2.18. The molecule has 1 aromatic heterocycles. The van der Waals surface area contributed by atoms with Crippen LogP contribution in [0.3, 0.4) is 0 Å². The van der Waals surface area contributed by atoms with Gasteiger partial charge >= 0.3 is 0 Å². The first-order valence-corrected chi connectivity index (χ1v) is 8.14. The van der Waals surface area contributed by atoms with E-state index in [2.05, 4.69) is 5.32 Å². The van der Waals surface area contributed by atoms with E-state index < -0.39 is 6.10 Å². The number of carbonyl (C=O) groups excluding carboxylic acids is 1. The normalized spacial score (nSPS) is 12.0. The van der Waals surface area contributed by atoms with Crippen molar-refractivity contribution in [2.45, 2.75) is 46.1 Å². The lowest BCUT2D eigenvalue weighted by Gasteiger charge is -2.19. The fraction of sp³-hybridized carbons (Fsp3) is 0.421. The summed E-state index contributed by atoms with van der Waals surface area (Å²) in [6, 6.07) is 9.85. The topological polar surface area (TPSA) is 51.5 Å². The summed E-state index contributed by atoms with van der Waals surface area (Å²) in [6.07, 6.45) is 3.51. The maximum Gasteiger partial charge on any atom is 0.261 e. The number of rotatable bonds is 8. The molecule has 0 saturated heterocycles. The highest BCUT2D eigenvalue weighted by atomic mass is 16.5. The number of aryl methyl sites for hydroxylation is 3. The fourth-order valence-corrected chi connectivity index (χ4v) is 2.35.